The van der Waals surface area contributed by atoms with Crippen LogP contribution < -0.4 is 4.90 Å². The van der Waals surface area contributed by atoms with Gasteiger partial charge in [-0.3, -0.25) is 4.79 Å². The number of carbonyl (C=O) groups is 1. The number of aromatic nitrogens is 3. The highest BCUT2D eigenvalue weighted by Crippen LogP contribution is 2.40. The average molecular weight is 367 g/mol. The number of hydrogen-bond acceptors (Lipinski definition) is 6. The molecule has 1 saturated heterocycles. The molecule has 1 amide bonds. The van der Waals surface area contributed by atoms with Crippen molar-refractivity contribution in [1.82, 2.24) is 19.9 Å². The van der Waals surface area contributed by atoms with Crippen LogP contribution in [0.3, 0.4) is 0 Å². The van der Waals surface area contributed by atoms with Gasteiger partial charge in [-0.1, -0.05) is 6.07 Å². The molecule has 1 aliphatic heterocycles. The Balaban J connectivity index is 1.72. The fraction of sp³-hybridized carbons (Fsp3) is 0.368. The molecule has 7 heteroatoms. The average Bonchev–Trinajstić information content (AvgIpc) is 3.25. The quantitative estimate of drug-likeness (QED) is 0.712. The van der Waals surface area contributed by atoms with Crippen molar-refractivity contribution in [3.05, 3.63) is 46.9 Å². The van der Waals surface area contributed by atoms with Crippen LogP contribution in [-0.4, -0.2) is 52.9 Å². The molecule has 0 aliphatic carbocycles. The minimum Gasteiger partial charge on any atom is -0.356 e. The SMILES string of the molecule is Cc1nccc(N2CC[C@@H](c3c(C(=O)N(C)C)sc4ncccc34)C2)n1. The lowest BCUT2D eigenvalue weighted by atomic mass is 9.95. The van der Waals surface area contributed by atoms with Crippen molar-refractivity contribution in [3.63, 3.8) is 0 Å². The number of rotatable bonds is 3. The summed E-state index contributed by atoms with van der Waals surface area (Å²) in [6.07, 6.45) is 4.59. The summed E-state index contributed by atoms with van der Waals surface area (Å²) in [4.78, 5) is 31.6. The summed E-state index contributed by atoms with van der Waals surface area (Å²) in [6, 6.07) is 5.98. The van der Waals surface area contributed by atoms with E-state index in [2.05, 4.69) is 25.9 Å². The van der Waals surface area contributed by atoms with Gasteiger partial charge in [-0.2, -0.15) is 0 Å². The van der Waals surface area contributed by atoms with Gasteiger partial charge >= 0.3 is 0 Å². The van der Waals surface area contributed by atoms with E-state index in [1.54, 1.807) is 31.4 Å². The first-order valence-corrected chi connectivity index (χ1v) is 9.50. The summed E-state index contributed by atoms with van der Waals surface area (Å²) in [5.74, 6) is 2.08. The third-order valence-electron chi connectivity index (χ3n) is 4.79. The topological polar surface area (TPSA) is 62.2 Å². The van der Waals surface area contributed by atoms with Crippen LogP contribution in [0.15, 0.2) is 30.6 Å². The van der Waals surface area contributed by atoms with Gasteiger partial charge in [0.05, 0.1) is 4.88 Å². The number of pyridine rings is 1. The summed E-state index contributed by atoms with van der Waals surface area (Å²) in [5, 5.41) is 1.11. The zero-order valence-corrected chi connectivity index (χ0v) is 16.0. The minimum absolute atomic E-state index is 0.0549. The van der Waals surface area contributed by atoms with Crippen molar-refractivity contribution in [1.29, 1.82) is 0 Å². The highest BCUT2D eigenvalue weighted by atomic mass is 32.1. The van der Waals surface area contributed by atoms with E-state index in [4.69, 9.17) is 0 Å². The van der Waals surface area contributed by atoms with E-state index in [1.165, 1.54) is 11.3 Å². The van der Waals surface area contributed by atoms with Gasteiger partial charge in [0.25, 0.3) is 5.91 Å². The lowest BCUT2D eigenvalue weighted by Crippen LogP contribution is -2.23. The summed E-state index contributed by atoms with van der Waals surface area (Å²) in [5.41, 5.74) is 1.14. The van der Waals surface area contributed by atoms with Crippen molar-refractivity contribution < 1.29 is 4.79 Å². The molecule has 0 saturated carbocycles. The van der Waals surface area contributed by atoms with Gasteiger partial charge < -0.3 is 9.80 Å². The molecule has 4 rings (SSSR count). The third kappa shape index (κ3) is 2.92. The first-order valence-electron chi connectivity index (χ1n) is 8.68. The Labute approximate surface area is 156 Å². The number of hydrogen-bond donors (Lipinski definition) is 0. The molecule has 6 nitrogen and oxygen atoms in total. The monoisotopic (exact) mass is 367 g/mol. The molecule has 26 heavy (non-hydrogen) atoms. The molecule has 0 N–H and O–H groups in total. The molecule has 0 radical (unpaired) electrons. The second-order valence-corrected chi connectivity index (χ2v) is 7.79. The Hall–Kier alpha value is -2.54. The highest BCUT2D eigenvalue weighted by molar-refractivity contribution is 7.20. The van der Waals surface area contributed by atoms with Crippen LogP contribution >= 0.6 is 11.3 Å². The molecular formula is C19H21N5OS. The van der Waals surface area contributed by atoms with Crippen LogP contribution in [0, 0.1) is 6.92 Å². The summed E-state index contributed by atoms with van der Waals surface area (Å²) < 4.78 is 0. The smallest absolute Gasteiger partial charge is 0.263 e. The van der Waals surface area contributed by atoms with Crippen molar-refractivity contribution in [2.24, 2.45) is 0 Å². The summed E-state index contributed by atoms with van der Waals surface area (Å²) >= 11 is 1.50. The number of amides is 1. The molecule has 1 fully saturated rings. The summed E-state index contributed by atoms with van der Waals surface area (Å²) in [7, 11) is 3.60. The third-order valence-corrected chi connectivity index (χ3v) is 5.90. The Morgan fingerprint density at radius 2 is 2.12 bits per heavy atom. The highest BCUT2D eigenvalue weighted by Gasteiger charge is 2.32. The normalized spacial score (nSPS) is 17.0. The van der Waals surface area contributed by atoms with Crippen molar-refractivity contribution in [3.8, 4) is 0 Å². The predicted molar refractivity (Wildman–Crippen MR) is 104 cm³/mol. The fourth-order valence-corrected chi connectivity index (χ4v) is 4.79. The largest absolute Gasteiger partial charge is 0.356 e. The summed E-state index contributed by atoms with van der Waals surface area (Å²) in [6.45, 7) is 3.68. The second-order valence-electron chi connectivity index (χ2n) is 6.79. The standard InChI is InChI=1S/C19H21N5OS/c1-12-20-9-6-15(22-12)24-10-7-13(11-24)16-14-5-4-8-21-18(14)26-17(16)19(25)23(2)3/h4-6,8-9,13H,7,10-11H2,1-3H3/t13-/m1/s1. The van der Waals surface area contributed by atoms with Crippen LogP contribution in [-0.2, 0) is 0 Å². The lowest BCUT2D eigenvalue weighted by Gasteiger charge is -2.18. The number of anilines is 1. The maximum atomic E-state index is 12.8. The van der Waals surface area contributed by atoms with Gasteiger partial charge in [0.15, 0.2) is 0 Å². The van der Waals surface area contributed by atoms with Crippen molar-refractivity contribution in [2.75, 3.05) is 32.1 Å². The molecule has 0 spiro atoms. The molecule has 0 aromatic carbocycles. The predicted octanol–water partition coefficient (Wildman–Crippen LogP) is 3.09. The molecular weight excluding hydrogens is 346 g/mol. The molecule has 134 valence electrons. The fourth-order valence-electron chi connectivity index (χ4n) is 3.54. The van der Waals surface area contributed by atoms with E-state index >= 15 is 0 Å². The van der Waals surface area contributed by atoms with Crippen molar-refractivity contribution in [2.45, 2.75) is 19.3 Å². The van der Waals surface area contributed by atoms with E-state index in [1.807, 2.05) is 19.1 Å². The number of carbonyl (C=O) groups excluding carboxylic acids is 1. The molecule has 1 aliphatic rings. The van der Waals surface area contributed by atoms with E-state index in [-0.39, 0.29) is 5.91 Å². The molecule has 1 atom stereocenters. The van der Waals surface area contributed by atoms with Gasteiger partial charge in [-0.05, 0) is 31.0 Å². The Bertz CT molecular complexity index is 967. The first kappa shape index (κ1) is 16.9. The Morgan fingerprint density at radius 3 is 2.88 bits per heavy atom. The van der Waals surface area contributed by atoms with Crippen LogP contribution in [0.2, 0.25) is 0 Å². The number of thiophene rings is 1. The Kier molecular flexibility index (Phi) is 4.32. The van der Waals surface area contributed by atoms with Gasteiger partial charge in [0.2, 0.25) is 0 Å². The Morgan fingerprint density at radius 1 is 1.27 bits per heavy atom. The van der Waals surface area contributed by atoms with Gasteiger partial charge in [-0.25, -0.2) is 15.0 Å². The van der Waals surface area contributed by atoms with E-state index < -0.39 is 0 Å². The zero-order chi connectivity index (χ0) is 18.3. The molecule has 4 heterocycles. The van der Waals surface area contributed by atoms with E-state index in [9.17, 15) is 4.79 Å². The van der Waals surface area contributed by atoms with Crippen LogP contribution in [0.4, 0.5) is 5.82 Å². The minimum atomic E-state index is 0.0549. The van der Waals surface area contributed by atoms with E-state index in [0.29, 0.717) is 5.92 Å². The first-order chi connectivity index (χ1) is 12.5. The maximum Gasteiger partial charge on any atom is 0.263 e. The zero-order valence-electron chi connectivity index (χ0n) is 15.1. The van der Waals surface area contributed by atoms with E-state index in [0.717, 1.165) is 51.8 Å². The number of fused-ring (bicyclic) bond motifs is 1. The van der Waals surface area contributed by atoms with Gasteiger partial charge in [0.1, 0.15) is 16.5 Å². The second kappa shape index (κ2) is 6.64. The van der Waals surface area contributed by atoms with Gasteiger partial charge in [0, 0.05) is 50.9 Å². The van der Waals surface area contributed by atoms with Crippen LogP contribution in [0.1, 0.15) is 33.4 Å². The molecule has 0 unspecified atom stereocenters. The van der Waals surface area contributed by atoms with Gasteiger partial charge in [-0.15, -0.1) is 11.3 Å². The molecule has 3 aromatic rings. The molecule has 0 bridgehead atoms. The number of aryl methyl sites for hydroxylation is 1. The lowest BCUT2D eigenvalue weighted by molar-refractivity contribution is 0.0831. The molecule has 3 aromatic heterocycles. The van der Waals surface area contributed by atoms with Crippen LogP contribution in [0.25, 0.3) is 10.2 Å². The van der Waals surface area contributed by atoms with Crippen LogP contribution in [0.5, 0.6) is 0 Å². The maximum absolute atomic E-state index is 12.8. The number of nitrogens with zero attached hydrogens (tertiary/aromatic N) is 5. The van der Waals surface area contributed by atoms with Crippen molar-refractivity contribution >= 4 is 33.3 Å².